The van der Waals surface area contributed by atoms with Gasteiger partial charge in [-0.3, -0.25) is 0 Å². The lowest BCUT2D eigenvalue weighted by molar-refractivity contribution is 0.403. The summed E-state index contributed by atoms with van der Waals surface area (Å²) >= 11 is 0. The second-order valence-corrected chi connectivity index (χ2v) is 30.9. The van der Waals surface area contributed by atoms with E-state index >= 15 is 0 Å². The third-order valence-corrected chi connectivity index (χ3v) is 20.2. The first-order chi connectivity index (χ1) is 41.1. The van der Waals surface area contributed by atoms with Gasteiger partial charge in [0.1, 0.15) is 0 Å². The molecule has 9 aromatic carbocycles. The lowest BCUT2D eigenvalue weighted by Gasteiger charge is -2.47. The molecule has 430 valence electrons. The van der Waals surface area contributed by atoms with E-state index in [-0.39, 0.29) is 44.6 Å². The van der Waals surface area contributed by atoms with Gasteiger partial charge in [-0.05, 0) is 209 Å². The zero-order valence-electron chi connectivity index (χ0n) is 56.9. The zero-order chi connectivity index (χ0) is 63.0. The maximum absolute atomic E-state index is 9.49. The van der Waals surface area contributed by atoms with Gasteiger partial charge in [0.15, 0.2) is 0 Å². The van der Waals surface area contributed by atoms with Gasteiger partial charge in [-0.2, -0.15) is 0 Å². The fourth-order valence-corrected chi connectivity index (χ4v) is 15.7. The summed E-state index contributed by atoms with van der Waals surface area (Å²) in [6.07, 6.45) is 1.00. The highest BCUT2D eigenvalue weighted by atomic mass is 15.2. The molecule has 2 heterocycles. The molecule has 2 aliphatic carbocycles. The van der Waals surface area contributed by atoms with E-state index in [1.165, 1.54) is 61.0 Å². The molecular weight excluding hydrogens is 1030 g/mol. The van der Waals surface area contributed by atoms with Crippen molar-refractivity contribution in [3.8, 4) is 11.1 Å². The molecule has 9 aromatic rings. The summed E-state index contributed by atoms with van der Waals surface area (Å²) < 4.78 is 28.5. The van der Waals surface area contributed by atoms with Crippen molar-refractivity contribution in [3.63, 3.8) is 0 Å². The fraction of sp³-hybridized carbons (Fsp3) is 0.333. The highest BCUT2D eigenvalue weighted by molar-refractivity contribution is 7.00. The maximum Gasteiger partial charge on any atom is 0.252 e. The van der Waals surface area contributed by atoms with Gasteiger partial charge in [-0.1, -0.05) is 215 Å². The Hall–Kier alpha value is -7.56. The molecule has 0 atom stereocenters. The number of hydrogen-bond acceptors (Lipinski definition) is 3. The van der Waals surface area contributed by atoms with Gasteiger partial charge >= 0.3 is 0 Å². The van der Waals surface area contributed by atoms with Crippen molar-refractivity contribution in [2.24, 2.45) is 0 Å². The Balaban J connectivity index is 1.17. The van der Waals surface area contributed by atoms with E-state index in [2.05, 4.69) is 303 Å². The summed E-state index contributed by atoms with van der Waals surface area (Å²) in [7, 11) is 0. The molecule has 3 nitrogen and oxygen atoms in total. The molecule has 0 aromatic heterocycles. The molecular formula is C81H88BN3. The Morgan fingerprint density at radius 3 is 1.41 bits per heavy atom. The normalized spacial score (nSPS) is 17.3. The van der Waals surface area contributed by atoms with Crippen molar-refractivity contribution in [2.45, 2.75) is 176 Å². The third-order valence-electron chi connectivity index (χ3n) is 20.2. The maximum atomic E-state index is 9.49. The number of anilines is 9. The molecule has 0 saturated carbocycles. The Morgan fingerprint density at radius 2 is 0.871 bits per heavy atom. The number of rotatable bonds is 6. The molecule has 0 unspecified atom stereocenters. The van der Waals surface area contributed by atoms with Crippen LogP contribution in [-0.4, -0.2) is 6.71 Å². The van der Waals surface area contributed by atoms with Crippen LogP contribution in [0.2, 0.25) is 0 Å². The average molecular weight is 1120 g/mol. The fourth-order valence-electron chi connectivity index (χ4n) is 15.7. The number of aryl methyl sites for hydroxylation is 2. The lowest BCUT2D eigenvalue weighted by atomic mass is 9.33. The van der Waals surface area contributed by atoms with Crippen LogP contribution >= 0.6 is 0 Å². The highest BCUT2D eigenvalue weighted by Gasteiger charge is 2.50. The predicted octanol–water partition coefficient (Wildman–Crippen LogP) is 20.3. The summed E-state index contributed by atoms with van der Waals surface area (Å²) in [5.74, 6) is 0. The van der Waals surface area contributed by atoms with Gasteiger partial charge in [0, 0.05) is 66.0 Å². The number of fused-ring (bicyclic) bond motifs is 7. The van der Waals surface area contributed by atoms with Crippen LogP contribution in [0, 0.1) is 13.8 Å². The van der Waals surface area contributed by atoms with E-state index in [0.717, 1.165) is 79.8 Å². The first-order valence-corrected chi connectivity index (χ1v) is 31.2. The van der Waals surface area contributed by atoms with Gasteiger partial charge in [-0.15, -0.1) is 0 Å². The minimum absolute atomic E-state index is 0.0244. The molecule has 85 heavy (non-hydrogen) atoms. The van der Waals surface area contributed by atoms with E-state index < -0.39 is 6.85 Å². The van der Waals surface area contributed by atoms with Crippen LogP contribution in [0.15, 0.2) is 176 Å². The molecule has 2 aliphatic heterocycles. The van der Waals surface area contributed by atoms with Gasteiger partial charge < -0.3 is 14.7 Å². The first-order valence-electron chi connectivity index (χ1n) is 32.7. The van der Waals surface area contributed by atoms with Crippen LogP contribution in [0.4, 0.5) is 51.2 Å². The average Bonchev–Trinajstić information content (AvgIpc) is 0.916. The van der Waals surface area contributed by atoms with Gasteiger partial charge in [0.2, 0.25) is 0 Å². The number of benzene rings is 9. The highest BCUT2D eigenvalue weighted by Crippen LogP contribution is 2.56. The molecule has 0 bridgehead atoms. The molecule has 0 saturated heterocycles. The summed E-state index contributed by atoms with van der Waals surface area (Å²) in [6, 6.07) is 66.4. The topological polar surface area (TPSA) is 9.72 Å². The minimum atomic E-state index is -2.45. The van der Waals surface area contributed by atoms with Crippen LogP contribution in [0.5, 0.6) is 0 Å². The molecule has 13 rings (SSSR count). The first kappa shape index (κ1) is 53.0. The van der Waals surface area contributed by atoms with E-state index in [9.17, 15) is 4.11 Å². The minimum Gasteiger partial charge on any atom is -0.311 e. The van der Waals surface area contributed by atoms with Crippen molar-refractivity contribution in [2.75, 3.05) is 14.7 Å². The Bertz CT molecular complexity index is 4240. The SMILES string of the molecule is [2H]C([2H])([2H])c1cc2c3c(c1)N(c1ccc(C(C)(C)C)cc1-c1ccccc1)c1cc4c(cc1B3c1cc(N(c3ccc(C(C)(C)C)cc3)c3ccc(C(C)(C)C)cc3)ccc1N2c1cc2c(cc1C)C(C)(C)c1ccccc1C2(C)C)C(C)(C)CC4(C)C. The second kappa shape index (κ2) is 19.0. The molecule has 4 aliphatic rings. The van der Waals surface area contributed by atoms with Crippen LogP contribution in [0.25, 0.3) is 11.1 Å². The van der Waals surface area contributed by atoms with Gasteiger partial charge in [0.25, 0.3) is 6.71 Å². The summed E-state index contributed by atoms with van der Waals surface area (Å²) in [4.78, 5) is 7.39. The Kier molecular flexibility index (Phi) is 11.8. The van der Waals surface area contributed by atoms with Crippen LogP contribution < -0.4 is 31.1 Å². The quantitative estimate of drug-likeness (QED) is 0.154. The van der Waals surface area contributed by atoms with Crippen LogP contribution in [-0.2, 0) is 37.9 Å². The zero-order valence-corrected chi connectivity index (χ0v) is 53.9. The monoisotopic (exact) mass is 1120 g/mol. The van der Waals surface area contributed by atoms with E-state index in [1.54, 1.807) is 0 Å². The molecule has 0 radical (unpaired) electrons. The van der Waals surface area contributed by atoms with Crippen molar-refractivity contribution in [3.05, 3.63) is 237 Å². The van der Waals surface area contributed by atoms with E-state index in [4.69, 9.17) is 0 Å². The molecule has 0 N–H and O–H groups in total. The Labute approximate surface area is 514 Å². The summed E-state index contributed by atoms with van der Waals surface area (Å²) in [5, 5.41) is 0. The third kappa shape index (κ3) is 8.96. The van der Waals surface area contributed by atoms with Crippen molar-refractivity contribution < 1.29 is 4.11 Å². The number of nitrogens with zero attached hydrogens (tertiary/aromatic N) is 3. The smallest absolute Gasteiger partial charge is 0.252 e. The standard InChI is InChI=1S/C81H88BN3/c1-50-41-72-74-73(42-50)85(70-48-65-64(43-51(70)2)80(16,17)60-27-23-24-28-61(60)81(65,18)19)69-40-38-58(83(56-34-29-53(30-35-56)75(3,4)5)57-36-31-54(32-37-57)76(6,7)8)45-66(69)82(74)67-46-62-63(79(14,15)49-78(62,12)13)47-71(67)84(72)68-39-33-55(77(9,10)11)44-59(68)52-25-21-20-22-26-52/h20-48H,49H2,1-19H3/i1D3. The van der Waals surface area contributed by atoms with Crippen molar-refractivity contribution >= 4 is 74.3 Å². The summed E-state index contributed by atoms with van der Waals surface area (Å²) in [5.41, 5.74) is 27.0. The summed E-state index contributed by atoms with van der Waals surface area (Å²) in [6.45, 7) is 39.2. The van der Waals surface area contributed by atoms with Gasteiger partial charge in [0.05, 0.1) is 5.69 Å². The van der Waals surface area contributed by atoms with Crippen molar-refractivity contribution in [1.82, 2.24) is 0 Å². The van der Waals surface area contributed by atoms with Crippen molar-refractivity contribution in [1.29, 1.82) is 0 Å². The van der Waals surface area contributed by atoms with Crippen LogP contribution in [0.1, 0.15) is 189 Å². The van der Waals surface area contributed by atoms with E-state index in [0.29, 0.717) is 5.56 Å². The predicted molar refractivity (Wildman–Crippen MR) is 368 cm³/mol. The Morgan fingerprint density at radius 1 is 0.412 bits per heavy atom. The number of hydrogen-bond donors (Lipinski definition) is 0. The van der Waals surface area contributed by atoms with E-state index in [1.807, 2.05) is 12.1 Å². The molecule has 0 amide bonds. The lowest BCUT2D eigenvalue weighted by Crippen LogP contribution is -2.61. The molecule has 0 fully saturated rings. The van der Waals surface area contributed by atoms with Gasteiger partial charge in [-0.25, -0.2) is 0 Å². The molecule has 0 spiro atoms. The largest absolute Gasteiger partial charge is 0.311 e. The molecule has 4 heteroatoms. The van der Waals surface area contributed by atoms with Crippen LogP contribution in [0.3, 0.4) is 0 Å². The second-order valence-electron chi connectivity index (χ2n) is 30.9.